The third-order valence-electron chi connectivity index (χ3n) is 4.04. The average molecular weight is 331 g/mol. The smallest absolute Gasteiger partial charge is 0.255 e. The van der Waals surface area contributed by atoms with Crippen molar-refractivity contribution < 1.29 is 13.2 Å². The lowest BCUT2D eigenvalue weighted by atomic mass is 9.94. The molecule has 0 bridgehead atoms. The minimum atomic E-state index is -3.86. The Bertz CT molecular complexity index is 847. The summed E-state index contributed by atoms with van der Waals surface area (Å²) in [6, 6.07) is 10.8. The fourth-order valence-electron chi connectivity index (χ4n) is 2.79. The van der Waals surface area contributed by atoms with E-state index in [0.29, 0.717) is 12.1 Å². The lowest BCUT2D eigenvalue weighted by Crippen LogP contribution is -2.42. The number of hydrogen-bond donors (Lipinski definition) is 1. The van der Waals surface area contributed by atoms with E-state index in [9.17, 15) is 13.2 Å². The highest BCUT2D eigenvalue weighted by atomic mass is 32.2. The summed E-state index contributed by atoms with van der Waals surface area (Å²) < 4.78 is 22.4. The molecular weight excluding hydrogens is 314 g/mol. The van der Waals surface area contributed by atoms with Gasteiger partial charge in [0.1, 0.15) is 0 Å². The Balaban J connectivity index is 1.86. The molecule has 1 unspecified atom stereocenters. The maximum atomic E-state index is 12.7. The number of primary sulfonamides is 1. The Morgan fingerprint density at radius 2 is 1.91 bits per heavy atom. The van der Waals surface area contributed by atoms with Crippen molar-refractivity contribution in [2.24, 2.45) is 5.14 Å². The van der Waals surface area contributed by atoms with Crippen molar-refractivity contribution in [3.05, 3.63) is 59.3 Å². The minimum absolute atomic E-state index is 0.0651. The summed E-state index contributed by atoms with van der Waals surface area (Å²) >= 11 is 0. The Hall–Kier alpha value is -2.25. The number of nitrogens with zero attached hydrogens (tertiary/aromatic N) is 2. The maximum absolute atomic E-state index is 12.7. The lowest BCUT2D eigenvalue weighted by molar-refractivity contribution is 0.0657. The van der Waals surface area contributed by atoms with E-state index in [1.807, 2.05) is 25.1 Å². The highest BCUT2D eigenvalue weighted by Crippen LogP contribution is 2.24. The molecule has 1 amide bonds. The van der Waals surface area contributed by atoms with E-state index in [4.69, 9.17) is 5.14 Å². The number of nitrogens with two attached hydrogens (primary N) is 1. The molecule has 0 saturated heterocycles. The predicted octanol–water partition coefficient (Wildman–Crippen LogP) is 1.32. The van der Waals surface area contributed by atoms with Gasteiger partial charge in [0.2, 0.25) is 0 Å². The molecule has 1 aromatic heterocycles. The molecule has 0 fully saturated rings. The van der Waals surface area contributed by atoms with Gasteiger partial charge in [-0.3, -0.25) is 4.79 Å². The quantitative estimate of drug-likeness (QED) is 0.898. The van der Waals surface area contributed by atoms with Gasteiger partial charge in [-0.1, -0.05) is 24.3 Å². The third-order valence-corrected chi connectivity index (χ3v) is 4.87. The van der Waals surface area contributed by atoms with Gasteiger partial charge in [-0.25, -0.2) is 18.5 Å². The first-order valence-corrected chi connectivity index (χ1v) is 8.77. The molecule has 0 saturated carbocycles. The Kier molecular flexibility index (Phi) is 3.91. The van der Waals surface area contributed by atoms with Crippen LogP contribution in [0.4, 0.5) is 0 Å². The van der Waals surface area contributed by atoms with Crippen molar-refractivity contribution in [3.8, 4) is 0 Å². The molecule has 0 radical (unpaired) electrons. The maximum Gasteiger partial charge on any atom is 0.255 e. The summed E-state index contributed by atoms with van der Waals surface area (Å²) in [5, 5.41) is 4.77. The van der Waals surface area contributed by atoms with Gasteiger partial charge in [0.05, 0.1) is 5.56 Å². The highest BCUT2D eigenvalue weighted by molar-refractivity contribution is 7.89. The monoisotopic (exact) mass is 331 g/mol. The molecule has 2 aromatic rings. The van der Waals surface area contributed by atoms with Gasteiger partial charge in [-0.15, -0.1) is 0 Å². The van der Waals surface area contributed by atoms with E-state index in [-0.39, 0.29) is 17.0 Å². The number of fused-ring (bicyclic) bond motifs is 1. The number of aromatic nitrogens is 1. The van der Waals surface area contributed by atoms with E-state index in [1.165, 1.54) is 23.9 Å². The number of carbonyl (C=O) groups excluding carboxylic acids is 1. The minimum Gasteiger partial charge on any atom is -0.331 e. The molecule has 2 heterocycles. The molecule has 0 spiro atoms. The number of benzene rings is 1. The van der Waals surface area contributed by atoms with Crippen LogP contribution in [0.15, 0.2) is 47.6 Å². The van der Waals surface area contributed by atoms with E-state index in [2.05, 4.69) is 11.1 Å². The Morgan fingerprint density at radius 1 is 1.22 bits per heavy atom. The second-order valence-electron chi connectivity index (χ2n) is 5.69. The molecule has 7 heteroatoms. The van der Waals surface area contributed by atoms with Gasteiger partial charge in [0.15, 0.2) is 5.03 Å². The molecule has 1 aliphatic rings. The van der Waals surface area contributed by atoms with Gasteiger partial charge >= 0.3 is 0 Å². The van der Waals surface area contributed by atoms with Crippen LogP contribution in [-0.4, -0.2) is 30.3 Å². The largest absolute Gasteiger partial charge is 0.331 e. The van der Waals surface area contributed by atoms with Crippen LogP contribution in [0.3, 0.4) is 0 Å². The van der Waals surface area contributed by atoms with Crippen LogP contribution in [0.5, 0.6) is 0 Å². The van der Waals surface area contributed by atoms with Crippen molar-refractivity contribution >= 4 is 15.9 Å². The highest BCUT2D eigenvalue weighted by Gasteiger charge is 2.27. The molecule has 120 valence electrons. The van der Waals surface area contributed by atoms with Crippen molar-refractivity contribution in [1.29, 1.82) is 0 Å². The number of pyridine rings is 1. The summed E-state index contributed by atoms with van der Waals surface area (Å²) in [5.74, 6) is -0.166. The van der Waals surface area contributed by atoms with Crippen LogP contribution in [0, 0.1) is 0 Å². The number of sulfonamides is 1. The second-order valence-corrected chi connectivity index (χ2v) is 7.19. The fraction of sp³-hybridized carbons (Fsp3) is 0.250. The SMILES string of the molecule is CC1Cc2ccccc2CN1C(=O)c1ccc(S(N)(=O)=O)nc1. The van der Waals surface area contributed by atoms with Gasteiger partial charge < -0.3 is 4.90 Å². The number of carbonyl (C=O) groups is 1. The van der Waals surface area contributed by atoms with E-state index >= 15 is 0 Å². The zero-order chi connectivity index (χ0) is 16.6. The zero-order valence-corrected chi connectivity index (χ0v) is 13.5. The molecule has 1 aromatic carbocycles. The summed E-state index contributed by atoms with van der Waals surface area (Å²) in [4.78, 5) is 18.2. The standard InChI is InChI=1S/C16H17N3O3S/c1-11-8-12-4-2-3-5-14(12)10-19(11)16(20)13-6-7-15(18-9-13)23(17,21)22/h2-7,9,11H,8,10H2,1H3,(H2,17,21,22). The zero-order valence-electron chi connectivity index (χ0n) is 12.6. The van der Waals surface area contributed by atoms with Crippen molar-refractivity contribution in [2.75, 3.05) is 0 Å². The normalized spacial score (nSPS) is 17.7. The number of hydrogen-bond acceptors (Lipinski definition) is 4. The van der Waals surface area contributed by atoms with Crippen LogP contribution in [0.2, 0.25) is 0 Å². The van der Waals surface area contributed by atoms with Crippen LogP contribution in [0.25, 0.3) is 0 Å². The first kappa shape index (κ1) is 15.6. The van der Waals surface area contributed by atoms with Gasteiger partial charge in [0, 0.05) is 18.8 Å². The van der Waals surface area contributed by atoms with E-state index < -0.39 is 10.0 Å². The van der Waals surface area contributed by atoms with Crippen molar-refractivity contribution in [2.45, 2.75) is 31.0 Å². The molecule has 1 aliphatic heterocycles. The van der Waals surface area contributed by atoms with E-state index in [1.54, 1.807) is 4.90 Å². The van der Waals surface area contributed by atoms with Crippen molar-refractivity contribution in [3.63, 3.8) is 0 Å². The Labute approximate surface area is 135 Å². The summed E-state index contributed by atoms with van der Waals surface area (Å²) in [6.07, 6.45) is 2.06. The van der Waals surface area contributed by atoms with Crippen molar-refractivity contribution in [1.82, 2.24) is 9.88 Å². The molecule has 1 atom stereocenters. The molecule has 3 rings (SSSR count). The first-order valence-electron chi connectivity index (χ1n) is 7.23. The second kappa shape index (κ2) is 5.75. The summed E-state index contributed by atoms with van der Waals surface area (Å²) in [5.41, 5.74) is 2.74. The van der Waals surface area contributed by atoms with E-state index in [0.717, 1.165) is 12.0 Å². The van der Waals surface area contributed by atoms with Crippen LogP contribution >= 0.6 is 0 Å². The summed E-state index contributed by atoms with van der Waals surface area (Å²) in [7, 11) is -3.86. The topological polar surface area (TPSA) is 93.4 Å². The molecule has 23 heavy (non-hydrogen) atoms. The lowest BCUT2D eigenvalue weighted by Gasteiger charge is -2.35. The number of rotatable bonds is 2. The van der Waals surface area contributed by atoms with Crippen LogP contribution in [0.1, 0.15) is 28.4 Å². The van der Waals surface area contributed by atoms with Crippen LogP contribution in [-0.2, 0) is 23.0 Å². The molecule has 0 aliphatic carbocycles. The average Bonchev–Trinajstić information content (AvgIpc) is 2.53. The van der Waals surface area contributed by atoms with Gasteiger partial charge in [0.25, 0.3) is 15.9 Å². The van der Waals surface area contributed by atoms with Gasteiger partial charge in [-0.2, -0.15) is 0 Å². The van der Waals surface area contributed by atoms with Gasteiger partial charge in [-0.05, 0) is 36.6 Å². The molecule has 2 N–H and O–H groups in total. The Morgan fingerprint density at radius 3 is 2.52 bits per heavy atom. The third kappa shape index (κ3) is 3.11. The first-order chi connectivity index (χ1) is 10.9. The summed E-state index contributed by atoms with van der Waals surface area (Å²) in [6.45, 7) is 2.53. The molecule has 6 nitrogen and oxygen atoms in total. The number of amides is 1. The molecular formula is C16H17N3O3S. The predicted molar refractivity (Wildman–Crippen MR) is 85.1 cm³/mol. The van der Waals surface area contributed by atoms with Crippen LogP contribution < -0.4 is 5.14 Å². The fourth-order valence-corrected chi connectivity index (χ4v) is 3.25.